The van der Waals surface area contributed by atoms with Gasteiger partial charge in [0.05, 0.1) is 4.92 Å². The number of nitrogens with zero attached hydrogens (tertiary/aromatic N) is 2. The molecule has 0 aromatic heterocycles. The Morgan fingerprint density at radius 3 is 2.32 bits per heavy atom. The molecule has 1 aliphatic rings. The summed E-state index contributed by atoms with van der Waals surface area (Å²) in [5, 5.41) is 13.9. The summed E-state index contributed by atoms with van der Waals surface area (Å²) in [7, 11) is 2.04. The van der Waals surface area contributed by atoms with Crippen LogP contribution in [0.2, 0.25) is 0 Å². The topological polar surface area (TPSA) is 58.4 Å². The van der Waals surface area contributed by atoms with Crippen molar-refractivity contribution in [3.8, 4) is 0 Å². The van der Waals surface area contributed by atoms with E-state index in [1.165, 1.54) is 31.5 Å². The van der Waals surface area contributed by atoms with Gasteiger partial charge in [0.2, 0.25) is 0 Å². The Morgan fingerprint density at radius 2 is 1.82 bits per heavy atom. The third-order valence-corrected chi connectivity index (χ3v) is 4.08. The first-order valence-corrected chi connectivity index (χ1v) is 7.32. The lowest BCUT2D eigenvalue weighted by Crippen LogP contribution is -2.41. The predicted molar refractivity (Wildman–Crippen MR) is 94.4 cm³/mol. The number of hydrogen-bond donors (Lipinski definition) is 1. The third-order valence-electron chi connectivity index (χ3n) is 4.08. The average molecular weight is 350 g/mol. The zero-order valence-corrected chi connectivity index (χ0v) is 14.5. The summed E-state index contributed by atoms with van der Waals surface area (Å²) in [5.74, 6) is 0. The number of piperidine rings is 1. The Labute approximate surface area is 144 Å². The van der Waals surface area contributed by atoms with Crippen LogP contribution in [-0.4, -0.2) is 42.5 Å². The molecule has 1 aromatic carbocycles. The molecule has 1 saturated heterocycles. The maximum absolute atomic E-state index is 10.6. The van der Waals surface area contributed by atoms with Gasteiger partial charge in [0.1, 0.15) is 0 Å². The lowest BCUT2D eigenvalue weighted by atomic mass is 10.0. The summed E-state index contributed by atoms with van der Waals surface area (Å²) in [6.07, 6.45) is 4.56. The van der Waals surface area contributed by atoms with Crippen LogP contribution >= 0.6 is 24.8 Å². The number of rotatable bonds is 6. The summed E-state index contributed by atoms with van der Waals surface area (Å²) in [6, 6.07) is 7.60. The van der Waals surface area contributed by atoms with E-state index in [0.29, 0.717) is 6.04 Å². The van der Waals surface area contributed by atoms with Crippen LogP contribution in [0.3, 0.4) is 0 Å². The minimum Gasteiger partial charge on any atom is -0.317 e. The molecule has 7 heteroatoms. The van der Waals surface area contributed by atoms with E-state index in [2.05, 4.69) is 10.2 Å². The molecule has 0 bridgehead atoms. The highest BCUT2D eigenvalue weighted by atomic mass is 35.5. The van der Waals surface area contributed by atoms with E-state index in [1.807, 2.05) is 19.2 Å². The maximum Gasteiger partial charge on any atom is 0.269 e. The van der Waals surface area contributed by atoms with Crippen molar-refractivity contribution in [2.45, 2.75) is 31.7 Å². The van der Waals surface area contributed by atoms with Crippen molar-refractivity contribution >= 4 is 30.5 Å². The maximum atomic E-state index is 10.6. The molecule has 1 fully saturated rings. The van der Waals surface area contributed by atoms with Crippen LogP contribution in [-0.2, 0) is 6.42 Å². The van der Waals surface area contributed by atoms with Crippen molar-refractivity contribution in [2.24, 2.45) is 0 Å². The van der Waals surface area contributed by atoms with Gasteiger partial charge in [-0.15, -0.1) is 24.8 Å². The van der Waals surface area contributed by atoms with Gasteiger partial charge in [-0.25, -0.2) is 0 Å². The zero-order valence-electron chi connectivity index (χ0n) is 12.9. The molecule has 1 heterocycles. The molecule has 5 nitrogen and oxygen atoms in total. The predicted octanol–water partition coefficient (Wildman–Crippen LogP) is 3.05. The van der Waals surface area contributed by atoms with E-state index in [0.717, 1.165) is 19.4 Å². The largest absolute Gasteiger partial charge is 0.317 e. The normalized spacial score (nSPS) is 15.7. The van der Waals surface area contributed by atoms with Crippen molar-refractivity contribution in [2.75, 3.05) is 26.7 Å². The summed E-state index contributed by atoms with van der Waals surface area (Å²) >= 11 is 0. The fourth-order valence-electron chi connectivity index (χ4n) is 2.74. The van der Waals surface area contributed by atoms with Crippen LogP contribution < -0.4 is 5.32 Å². The molecule has 0 atom stereocenters. The number of halogens is 2. The first-order valence-electron chi connectivity index (χ1n) is 7.32. The molecule has 2 rings (SSSR count). The standard InChI is InChI=1S/C15H23N3O2.2ClH/c1-16-14-8-11-17(12-9-14)10-2-3-13-4-6-15(7-5-13)18(19)20;;/h4-7,14,16H,2-3,8-12H2,1H3;2*1H. The molecular formula is C15H25Cl2N3O2. The van der Waals surface area contributed by atoms with Gasteiger partial charge in [0.25, 0.3) is 5.69 Å². The molecule has 0 unspecified atom stereocenters. The second kappa shape index (κ2) is 10.8. The third kappa shape index (κ3) is 6.48. The summed E-state index contributed by atoms with van der Waals surface area (Å²) in [4.78, 5) is 12.7. The van der Waals surface area contributed by atoms with E-state index in [-0.39, 0.29) is 35.4 Å². The van der Waals surface area contributed by atoms with Gasteiger partial charge < -0.3 is 10.2 Å². The van der Waals surface area contributed by atoms with Crippen molar-refractivity contribution in [1.29, 1.82) is 0 Å². The number of nitro benzene ring substituents is 1. The number of likely N-dealkylation sites (tertiary alicyclic amines) is 1. The van der Waals surface area contributed by atoms with Crippen molar-refractivity contribution < 1.29 is 4.92 Å². The molecule has 22 heavy (non-hydrogen) atoms. The SMILES string of the molecule is CNC1CCN(CCCc2ccc([N+](=O)[O-])cc2)CC1.Cl.Cl. The molecule has 126 valence electrons. The van der Waals surface area contributed by atoms with Crippen LogP contribution in [0.25, 0.3) is 0 Å². The van der Waals surface area contributed by atoms with Crippen LogP contribution in [0.1, 0.15) is 24.8 Å². The Balaban J connectivity index is 0.00000220. The molecule has 0 radical (unpaired) electrons. The van der Waals surface area contributed by atoms with E-state index in [4.69, 9.17) is 0 Å². The number of aryl methyl sites for hydroxylation is 1. The Morgan fingerprint density at radius 1 is 1.23 bits per heavy atom. The van der Waals surface area contributed by atoms with Gasteiger partial charge in [-0.05, 0) is 57.9 Å². The fraction of sp³-hybridized carbons (Fsp3) is 0.600. The lowest BCUT2D eigenvalue weighted by molar-refractivity contribution is -0.384. The quantitative estimate of drug-likeness (QED) is 0.633. The highest BCUT2D eigenvalue weighted by Gasteiger charge is 2.16. The fourth-order valence-corrected chi connectivity index (χ4v) is 2.74. The highest BCUT2D eigenvalue weighted by molar-refractivity contribution is 5.85. The first-order chi connectivity index (χ1) is 9.69. The number of hydrogen-bond acceptors (Lipinski definition) is 4. The van der Waals surface area contributed by atoms with E-state index in [9.17, 15) is 10.1 Å². The van der Waals surface area contributed by atoms with Crippen molar-refractivity contribution in [3.63, 3.8) is 0 Å². The molecule has 1 aromatic rings. The molecular weight excluding hydrogens is 325 g/mol. The van der Waals surface area contributed by atoms with E-state index < -0.39 is 0 Å². The van der Waals surface area contributed by atoms with Gasteiger partial charge in [-0.1, -0.05) is 12.1 Å². The van der Waals surface area contributed by atoms with Crippen molar-refractivity contribution in [1.82, 2.24) is 10.2 Å². The van der Waals surface area contributed by atoms with Gasteiger partial charge >= 0.3 is 0 Å². The molecule has 1 aliphatic heterocycles. The Bertz CT molecular complexity index is 435. The van der Waals surface area contributed by atoms with Gasteiger partial charge in [-0.3, -0.25) is 10.1 Å². The van der Waals surface area contributed by atoms with Crippen LogP contribution in [0.15, 0.2) is 24.3 Å². The zero-order chi connectivity index (χ0) is 14.4. The summed E-state index contributed by atoms with van der Waals surface area (Å²) in [6.45, 7) is 3.46. The molecule has 0 saturated carbocycles. The first kappa shape index (κ1) is 21.1. The van der Waals surface area contributed by atoms with Gasteiger partial charge in [0, 0.05) is 18.2 Å². The smallest absolute Gasteiger partial charge is 0.269 e. The van der Waals surface area contributed by atoms with Gasteiger partial charge in [0.15, 0.2) is 0 Å². The minimum absolute atomic E-state index is 0. The highest BCUT2D eigenvalue weighted by Crippen LogP contribution is 2.14. The minimum atomic E-state index is -0.351. The summed E-state index contributed by atoms with van der Waals surface area (Å²) in [5.41, 5.74) is 1.35. The number of nitrogens with one attached hydrogen (secondary N) is 1. The van der Waals surface area contributed by atoms with E-state index in [1.54, 1.807) is 12.1 Å². The summed E-state index contributed by atoms with van der Waals surface area (Å²) < 4.78 is 0. The Kier molecular flexibility index (Phi) is 10.3. The number of benzene rings is 1. The van der Waals surface area contributed by atoms with Crippen LogP contribution in [0.4, 0.5) is 5.69 Å². The number of nitro groups is 1. The van der Waals surface area contributed by atoms with Gasteiger partial charge in [-0.2, -0.15) is 0 Å². The molecule has 1 N–H and O–H groups in total. The molecule has 0 amide bonds. The van der Waals surface area contributed by atoms with Crippen molar-refractivity contribution in [3.05, 3.63) is 39.9 Å². The van der Waals surface area contributed by atoms with Crippen LogP contribution in [0, 0.1) is 10.1 Å². The number of non-ortho nitro benzene ring substituents is 1. The average Bonchev–Trinajstić information content (AvgIpc) is 2.48. The second-order valence-corrected chi connectivity index (χ2v) is 5.43. The molecule has 0 spiro atoms. The second-order valence-electron chi connectivity index (χ2n) is 5.43. The van der Waals surface area contributed by atoms with Crippen LogP contribution in [0.5, 0.6) is 0 Å². The monoisotopic (exact) mass is 349 g/mol. The van der Waals surface area contributed by atoms with E-state index >= 15 is 0 Å². The Hall–Kier alpha value is -0.880. The lowest BCUT2D eigenvalue weighted by Gasteiger charge is -2.31. The molecule has 0 aliphatic carbocycles.